The molecule has 6 nitrogen and oxygen atoms in total. The van der Waals surface area contributed by atoms with Crippen molar-refractivity contribution in [2.75, 3.05) is 6.61 Å². The van der Waals surface area contributed by atoms with Crippen LogP contribution in [0.3, 0.4) is 0 Å². The highest BCUT2D eigenvalue weighted by molar-refractivity contribution is 5.92. The van der Waals surface area contributed by atoms with E-state index in [9.17, 15) is 4.79 Å². The quantitative estimate of drug-likeness (QED) is 0.779. The fourth-order valence-electron chi connectivity index (χ4n) is 3.60. The Labute approximate surface area is 156 Å². The van der Waals surface area contributed by atoms with Crippen LogP contribution in [0.2, 0.25) is 0 Å². The lowest BCUT2D eigenvalue weighted by Gasteiger charge is -2.25. The molecule has 1 N–H and O–H groups in total. The highest BCUT2D eigenvalue weighted by atomic mass is 16.5. The number of fused-ring (bicyclic) bond motifs is 2. The second kappa shape index (κ2) is 6.46. The van der Waals surface area contributed by atoms with E-state index in [0.29, 0.717) is 24.7 Å². The number of hydrogen-bond acceptors (Lipinski definition) is 4. The lowest BCUT2D eigenvalue weighted by atomic mass is 10.0. The maximum absolute atomic E-state index is 12.6. The Morgan fingerprint density at radius 3 is 2.78 bits per heavy atom. The summed E-state index contributed by atoms with van der Waals surface area (Å²) in [5.74, 6) is 1.31. The van der Waals surface area contributed by atoms with Crippen LogP contribution in [0.4, 0.5) is 0 Å². The Morgan fingerprint density at radius 2 is 1.93 bits per heavy atom. The molecule has 136 valence electrons. The van der Waals surface area contributed by atoms with Crippen LogP contribution in [0.15, 0.2) is 60.7 Å². The number of para-hydroxylation sites is 1. The lowest BCUT2D eigenvalue weighted by Crippen LogP contribution is -2.42. The van der Waals surface area contributed by atoms with Crippen LogP contribution in [0.5, 0.6) is 11.6 Å². The van der Waals surface area contributed by atoms with E-state index in [-0.39, 0.29) is 18.1 Å². The standard InChI is InChI=1S/C21H19N3O3/c25-21(22-16-10-15-8-4-5-9-18(15)26-13-16)17-11-20-24(23-17)12-19(27-20)14-6-2-1-3-7-14/h1-9,11,16,19H,10,12-13H2,(H,22,25)/t16-,19?/m1/s1. The zero-order valence-electron chi connectivity index (χ0n) is 14.7. The number of nitrogens with zero attached hydrogens (tertiary/aromatic N) is 2. The Balaban J connectivity index is 1.25. The molecule has 0 bridgehead atoms. The van der Waals surface area contributed by atoms with Crippen molar-refractivity contribution in [1.29, 1.82) is 0 Å². The van der Waals surface area contributed by atoms with Gasteiger partial charge in [0, 0.05) is 6.07 Å². The van der Waals surface area contributed by atoms with E-state index in [1.54, 1.807) is 10.7 Å². The van der Waals surface area contributed by atoms with Crippen molar-refractivity contribution in [2.45, 2.75) is 25.1 Å². The van der Waals surface area contributed by atoms with Gasteiger partial charge in [-0.25, -0.2) is 4.68 Å². The average Bonchev–Trinajstić information content (AvgIpc) is 3.28. The van der Waals surface area contributed by atoms with Crippen molar-refractivity contribution >= 4 is 5.91 Å². The monoisotopic (exact) mass is 361 g/mol. The maximum Gasteiger partial charge on any atom is 0.272 e. The summed E-state index contributed by atoms with van der Waals surface area (Å²) in [7, 11) is 0. The molecule has 5 rings (SSSR count). The summed E-state index contributed by atoms with van der Waals surface area (Å²) < 4.78 is 13.4. The van der Waals surface area contributed by atoms with Gasteiger partial charge < -0.3 is 14.8 Å². The van der Waals surface area contributed by atoms with Crippen molar-refractivity contribution in [3.63, 3.8) is 0 Å². The molecule has 27 heavy (non-hydrogen) atoms. The van der Waals surface area contributed by atoms with Crippen molar-refractivity contribution in [1.82, 2.24) is 15.1 Å². The summed E-state index contributed by atoms with van der Waals surface area (Å²) in [6.45, 7) is 1.06. The SMILES string of the molecule is O=C(N[C@H]1COc2ccccc2C1)c1cc2n(n1)CC(c1ccccc1)O2. The van der Waals surface area contributed by atoms with Crippen LogP contribution in [0.25, 0.3) is 0 Å². The van der Waals surface area contributed by atoms with Gasteiger partial charge in [-0.1, -0.05) is 48.5 Å². The smallest absolute Gasteiger partial charge is 0.272 e. The van der Waals surface area contributed by atoms with Crippen LogP contribution < -0.4 is 14.8 Å². The molecule has 0 radical (unpaired) electrons. The lowest BCUT2D eigenvalue weighted by molar-refractivity contribution is 0.0908. The second-order valence-corrected chi connectivity index (χ2v) is 6.86. The van der Waals surface area contributed by atoms with Gasteiger partial charge in [-0.3, -0.25) is 4.79 Å². The number of nitrogens with one attached hydrogen (secondary N) is 1. The predicted octanol–water partition coefficient (Wildman–Crippen LogP) is 2.75. The molecule has 2 aliphatic heterocycles. The van der Waals surface area contributed by atoms with Gasteiger partial charge in [0.25, 0.3) is 5.91 Å². The zero-order valence-corrected chi connectivity index (χ0v) is 14.7. The molecule has 0 spiro atoms. The third-order valence-electron chi connectivity index (χ3n) is 4.96. The van der Waals surface area contributed by atoms with Crippen molar-refractivity contribution in [2.24, 2.45) is 0 Å². The van der Waals surface area contributed by atoms with Crippen LogP contribution in [-0.4, -0.2) is 28.3 Å². The van der Waals surface area contributed by atoms with E-state index < -0.39 is 0 Å². The van der Waals surface area contributed by atoms with Gasteiger partial charge >= 0.3 is 0 Å². The molecule has 0 saturated heterocycles. The molecule has 0 fully saturated rings. The Morgan fingerprint density at radius 1 is 1.11 bits per heavy atom. The summed E-state index contributed by atoms with van der Waals surface area (Å²) in [5.41, 5.74) is 2.58. The molecule has 2 atom stereocenters. The number of hydrogen-bond donors (Lipinski definition) is 1. The minimum atomic E-state index is -0.204. The first kappa shape index (κ1) is 15.9. The van der Waals surface area contributed by atoms with E-state index in [0.717, 1.165) is 23.3 Å². The largest absolute Gasteiger partial charge is 0.491 e. The van der Waals surface area contributed by atoms with E-state index in [1.807, 2.05) is 54.6 Å². The molecule has 1 unspecified atom stereocenters. The molecular formula is C21H19N3O3. The predicted molar refractivity (Wildman–Crippen MR) is 98.9 cm³/mol. The Kier molecular flexibility index (Phi) is 3.81. The molecule has 6 heteroatoms. The van der Waals surface area contributed by atoms with Gasteiger partial charge in [-0.05, 0) is 23.6 Å². The van der Waals surface area contributed by atoms with Crippen molar-refractivity contribution in [3.05, 3.63) is 77.5 Å². The first-order chi connectivity index (χ1) is 13.3. The van der Waals surface area contributed by atoms with Gasteiger partial charge in [-0.15, -0.1) is 0 Å². The first-order valence-corrected chi connectivity index (χ1v) is 9.07. The van der Waals surface area contributed by atoms with E-state index in [1.165, 1.54) is 0 Å². The Hall–Kier alpha value is -3.28. The molecule has 2 aromatic carbocycles. The number of carbonyl (C=O) groups is 1. The number of benzene rings is 2. The minimum absolute atomic E-state index is 0.0611. The highest BCUT2D eigenvalue weighted by Crippen LogP contribution is 2.31. The summed E-state index contributed by atoms with van der Waals surface area (Å²) >= 11 is 0. The van der Waals surface area contributed by atoms with Gasteiger partial charge in [-0.2, -0.15) is 5.10 Å². The number of carbonyl (C=O) groups excluding carboxylic acids is 1. The first-order valence-electron chi connectivity index (χ1n) is 9.07. The molecule has 0 saturated carbocycles. The fraction of sp³-hybridized carbons (Fsp3) is 0.238. The van der Waals surface area contributed by atoms with Gasteiger partial charge in [0.15, 0.2) is 5.69 Å². The van der Waals surface area contributed by atoms with Crippen LogP contribution in [0.1, 0.15) is 27.7 Å². The molecule has 3 heterocycles. The molecular weight excluding hydrogens is 342 g/mol. The topological polar surface area (TPSA) is 65.4 Å². The molecule has 1 amide bonds. The molecule has 1 aromatic heterocycles. The summed E-state index contributed by atoms with van der Waals surface area (Å²) in [5, 5.41) is 7.43. The number of aromatic nitrogens is 2. The second-order valence-electron chi connectivity index (χ2n) is 6.86. The summed E-state index contributed by atoms with van der Waals surface area (Å²) in [6.07, 6.45) is 0.691. The summed E-state index contributed by atoms with van der Waals surface area (Å²) in [6, 6.07) is 19.6. The van der Waals surface area contributed by atoms with Crippen molar-refractivity contribution < 1.29 is 14.3 Å². The molecule has 0 aliphatic carbocycles. The van der Waals surface area contributed by atoms with Gasteiger partial charge in [0.1, 0.15) is 18.5 Å². The van der Waals surface area contributed by atoms with Crippen LogP contribution in [0, 0.1) is 0 Å². The van der Waals surface area contributed by atoms with Crippen molar-refractivity contribution in [3.8, 4) is 11.6 Å². The van der Waals surface area contributed by atoms with Gasteiger partial charge in [0.2, 0.25) is 5.88 Å². The zero-order chi connectivity index (χ0) is 18.2. The Bertz CT molecular complexity index is 960. The fourth-order valence-corrected chi connectivity index (χ4v) is 3.60. The minimum Gasteiger partial charge on any atom is -0.491 e. The van der Waals surface area contributed by atoms with E-state index >= 15 is 0 Å². The van der Waals surface area contributed by atoms with Gasteiger partial charge in [0.05, 0.1) is 12.6 Å². The summed E-state index contributed by atoms with van der Waals surface area (Å²) in [4.78, 5) is 12.6. The number of amides is 1. The normalized spacial score (nSPS) is 20.1. The third-order valence-corrected chi connectivity index (χ3v) is 4.96. The average molecular weight is 361 g/mol. The molecule has 3 aromatic rings. The van der Waals surface area contributed by atoms with E-state index in [4.69, 9.17) is 9.47 Å². The molecule has 2 aliphatic rings. The third kappa shape index (κ3) is 3.03. The highest BCUT2D eigenvalue weighted by Gasteiger charge is 2.29. The maximum atomic E-state index is 12.6. The number of ether oxygens (including phenoxy) is 2. The van der Waals surface area contributed by atoms with Crippen LogP contribution in [-0.2, 0) is 13.0 Å². The number of rotatable bonds is 3. The van der Waals surface area contributed by atoms with E-state index in [2.05, 4.69) is 10.4 Å². The van der Waals surface area contributed by atoms with Crippen LogP contribution >= 0.6 is 0 Å².